The summed E-state index contributed by atoms with van der Waals surface area (Å²) in [4.78, 5) is 17.9. The minimum Gasteiger partial charge on any atom is -0.478 e. The number of nitrogens with one attached hydrogen (secondary N) is 1. The molecule has 1 heterocycles. The average molecular weight is 313 g/mol. The van der Waals surface area contributed by atoms with Crippen molar-refractivity contribution in [1.82, 2.24) is 9.97 Å². The van der Waals surface area contributed by atoms with Crippen LogP contribution in [0.3, 0.4) is 0 Å². The summed E-state index contributed by atoms with van der Waals surface area (Å²) in [6.45, 7) is 0. The third-order valence-corrected chi connectivity index (χ3v) is 3.83. The highest BCUT2D eigenvalue weighted by atomic mass is 79.9. The van der Waals surface area contributed by atoms with Crippen molar-refractivity contribution in [1.29, 1.82) is 0 Å². The van der Waals surface area contributed by atoms with Gasteiger partial charge in [0.05, 0.1) is 5.56 Å². The van der Waals surface area contributed by atoms with Crippen LogP contribution < -0.4 is 0 Å². The molecule has 2 aromatic rings. The van der Waals surface area contributed by atoms with Gasteiger partial charge in [0.25, 0.3) is 0 Å². The van der Waals surface area contributed by atoms with Crippen molar-refractivity contribution < 1.29 is 9.90 Å². The third-order valence-electron chi connectivity index (χ3n) is 2.14. The van der Waals surface area contributed by atoms with Gasteiger partial charge in [0.2, 0.25) is 0 Å². The Labute approximate surface area is 111 Å². The van der Waals surface area contributed by atoms with Crippen molar-refractivity contribution in [3.05, 3.63) is 46.2 Å². The highest BCUT2D eigenvalue weighted by molar-refractivity contribution is 9.10. The average Bonchev–Trinajstić information content (AvgIpc) is 2.80. The molecule has 17 heavy (non-hydrogen) atoms. The molecule has 1 aromatic carbocycles. The predicted octanol–water partition coefficient (Wildman–Crippen LogP) is 3.16. The number of hydrogen-bond acceptors (Lipinski definition) is 3. The van der Waals surface area contributed by atoms with E-state index in [4.69, 9.17) is 5.11 Å². The number of rotatable bonds is 4. The number of carboxylic acid groups (broad SMARTS) is 1. The Morgan fingerprint density at radius 2 is 2.35 bits per heavy atom. The molecule has 0 bridgehead atoms. The predicted molar refractivity (Wildman–Crippen MR) is 69.3 cm³/mol. The second kappa shape index (κ2) is 5.37. The maximum atomic E-state index is 10.8. The number of nitrogens with zero attached hydrogens (tertiary/aromatic N) is 1. The zero-order valence-electron chi connectivity index (χ0n) is 8.68. The fraction of sp³-hybridized carbons (Fsp3) is 0.0909. The molecule has 88 valence electrons. The van der Waals surface area contributed by atoms with Gasteiger partial charge in [-0.05, 0) is 17.7 Å². The van der Waals surface area contributed by atoms with E-state index < -0.39 is 5.97 Å². The first kappa shape index (κ1) is 12.2. The highest BCUT2D eigenvalue weighted by Crippen LogP contribution is 2.25. The molecule has 0 atom stereocenters. The molecule has 0 aliphatic carbocycles. The second-order valence-electron chi connectivity index (χ2n) is 3.29. The summed E-state index contributed by atoms with van der Waals surface area (Å²) in [5.74, 6) is -0.190. The summed E-state index contributed by atoms with van der Waals surface area (Å²) in [7, 11) is 0. The molecule has 0 saturated heterocycles. The molecule has 0 saturated carbocycles. The summed E-state index contributed by atoms with van der Waals surface area (Å²) in [5, 5.41) is 9.69. The van der Waals surface area contributed by atoms with Gasteiger partial charge in [0.1, 0.15) is 0 Å². The maximum Gasteiger partial charge on any atom is 0.335 e. The molecule has 0 spiro atoms. The van der Waals surface area contributed by atoms with Gasteiger partial charge in [-0.2, -0.15) is 0 Å². The van der Waals surface area contributed by atoms with Crippen LogP contribution in [0.25, 0.3) is 0 Å². The summed E-state index contributed by atoms with van der Waals surface area (Å²) in [6.07, 6.45) is 3.47. The van der Waals surface area contributed by atoms with E-state index >= 15 is 0 Å². The highest BCUT2D eigenvalue weighted by Gasteiger charge is 2.07. The quantitative estimate of drug-likeness (QED) is 0.851. The Balaban J connectivity index is 2.09. The molecule has 0 aliphatic rings. The molecule has 6 heteroatoms. The van der Waals surface area contributed by atoms with Crippen LogP contribution in [0.4, 0.5) is 0 Å². The number of aromatic nitrogens is 2. The van der Waals surface area contributed by atoms with Crippen LogP contribution >= 0.6 is 27.7 Å². The molecule has 4 nitrogen and oxygen atoms in total. The number of thioether (sulfide) groups is 1. The fourth-order valence-electron chi connectivity index (χ4n) is 1.27. The second-order valence-corrected chi connectivity index (χ2v) is 5.11. The molecule has 1 aromatic heterocycles. The van der Waals surface area contributed by atoms with Crippen LogP contribution in [0.15, 0.2) is 40.2 Å². The Hall–Kier alpha value is -1.27. The number of aromatic carboxylic acids is 1. The van der Waals surface area contributed by atoms with Gasteiger partial charge < -0.3 is 10.1 Å². The van der Waals surface area contributed by atoms with E-state index in [1.807, 2.05) is 6.07 Å². The number of hydrogen-bond donors (Lipinski definition) is 2. The number of carboxylic acids is 1. The van der Waals surface area contributed by atoms with E-state index in [0.29, 0.717) is 0 Å². The molecular weight excluding hydrogens is 304 g/mol. The van der Waals surface area contributed by atoms with Crippen LogP contribution in [0.2, 0.25) is 0 Å². The van der Waals surface area contributed by atoms with E-state index in [9.17, 15) is 4.79 Å². The van der Waals surface area contributed by atoms with E-state index in [2.05, 4.69) is 25.9 Å². The lowest BCUT2D eigenvalue weighted by Crippen LogP contribution is -1.96. The summed E-state index contributed by atoms with van der Waals surface area (Å²) in [5.41, 5.74) is 1.32. The van der Waals surface area contributed by atoms with Crippen molar-refractivity contribution in [3.8, 4) is 0 Å². The molecule has 0 radical (unpaired) electrons. The SMILES string of the molecule is O=C(O)c1ccc(CSc2ncc[nH]2)c(Br)c1. The molecule has 2 rings (SSSR count). The van der Waals surface area contributed by atoms with E-state index in [1.54, 1.807) is 36.3 Å². The Bertz CT molecular complexity index is 528. The number of H-pyrrole nitrogens is 1. The smallest absolute Gasteiger partial charge is 0.335 e. The van der Waals surface area contributed by atoms with E-state index in [-0.39, 0.29) is 5.56 Å². The van der Waals surface area contributed by atoms with Gasteiger partial charge in [0, 0.05) is 22.6 Å². The summed E-state index contributed by atoms with van der Waals surface area (Å²) in [6, 6.07) is 5.02. The molecule has 0 unspecified atom stereocenters. The van der Waals surface area contributed by atoms with Gasteiger partial charge in [-0.1, -0.05) is 33.8 Å². The van der Waals surface area contributed by atoms with Gasteiger partial charge in [-0.15, -0.1) is 0 Å². The first-order valence-electron chi connectivity index (χ1n) is 4.80. The summed E-state index contributed by atoms with van der Waals surface area (Å²) < 4.78 is 0.802. The normalized spacial score (nSPS) is 10.4. The molecule has 0 fully saturated rings. The molecule has 2 N–H and O–H groups in total. The fourth-order valence-corrected chi connectivity index (χ4v) is 2.81. The number of carbonyl (C=O) groups is 1. The topological polar surface area (TPSA) is 66.0 Å². The van der Waals surface area contributed by atoms with Crippen molar-refractivity contribution in [2.45, 2.75) is 10.9 Å². The first-order valence-corrected chi connectivity index (χ1v) is 6.58. The van der Waals surface area contributed by atoms with Crippen LogP contribution in [0, 0.1) is 0 Å². The molecule has 0 aliphatic heterocycles. The zero-order chi connectivity index (χ0) is 12.3. The number of benzene rings is 1. The minimum atomic E-state index is -0.920. The maximum absolute atomic E-state index is 10.8. The van der Waals surface area contributed by atoms with Crippen molar-refractivity contribution >= 4 is 33.7 Å². The van der Waals surface area contributed by atoms with Crippen LogP contribution in [-0.4, -0.2) is 21.0 Å². The first-order chi connectivity index (χ1) is 8.16. The number of imidazole rings is 1. The van der Waals surface area contributed by atoms with Crippen molar-refractivity contribution in [3.63, 3.8) is 0 Å². The van der Waals surface area contributed by atoms with Crippen molar-refractivity contribution in [2.24, 2.45) is 0 Å². The Morgan fingerprint density at radius 3 is 2.94 bits per heavy atom. The van der Waals surface area contributed by atoms with Crippen LogP contribution in [-0.2, 0) is 5.75 Å². The van der Waals surface area contributed by atoms with Crippen LogP contribution in [0.5, 0.6) is 0 Å². The third kappa shape index (κ3) is 3.10. The van der Waals surface area contributed by atoms with Crippen LogP contribution in [0.1, 0.15) is 15.9 Å². The Morgan fingerprint density at radius 1 is 1.53 bits per heavy atom. The van der Waals surface area contributed by atoms with E-state index in [1.165, 1.54) is 0 Å². The van der Waals surface area contributed by atoms with Gasteiger partial charge in [-0.25, -0.2) is 9.78 Å². The largest absolute Gasteiger partial charge is 0.478 e. The monoisotopic (exact) mass is 312 g/mol. The lowest BCUT2D eigenvalue weighted by molar-refractivity contribution is 0.0697. The van der Waals surface area contributed by atoms with Gasteiger partial charge in [-0.3, -0.25) is 0 Å². The number of halogens is 1. The Kier molecular flexibility index (Phi) is 3.86. The standard InChI is InChI=1S/C11H9BrN2O2S/c12-9-5-7(10(15)16)1-2-8(9)6-17-11-13-3-4-14-11/h1-5H,6H2,(H,13,14)(H,15,16). The molecule has 0 amide bonds. The summed E-state index contributed by atoms with van der Waals surface area (Å²) >= 11 is 4.94. The van der Waals surface area contributed by atoms with Crippen molar-refractivity contribution in [2.75, 3.05) is 0 Å². The molecular formula is C11H9BrN2O2S. The lowest BCUT2D eigenvalue weighted by atomic mass is 10.1. The number of aromatic amines is 1. The van der Waals surface area contributed by atoms with E-state index in [0.717, 1.165) is 20.9 Å². The minimum absolute atomic E-state index is 0.281. The van der Waals surface area contributed by atoms with Gasteiger partial charge in [0.15, 0.2) is 5.16 Å². The van der Waals surface area contributed by atoms with Gasteiger partial charge >= 0.3 is 5.97 Å². The lowest BCUT2D eigenvalue weighted by Gasteiger charge is -2.04. The zero-order valence-corrected chi connectivity index (χ0v) is 11.1.